The maximum atomic E-state index is 11.8. The first-order valence-electron chi connectivity index (χ1n) is 5.12. The van der Waals surface area contributed by atoms with Gasteiger partial charge in [-0.2, -0.15) is 8.42 Å². The minimum atomic E-state index is -3.91. The van der Waals surface area contributed by atoms with Crippen molar-refractivity contribution in [3.8, 4) is 0 Å². The summed E-state index contributed by atoms with van der Waals surface area (Å²) in [5, 5.41) is 0. The van der Waals surface area contributed by atoms with Gasteiger partial charge in [-0.05, 0) is 26.0 Å². The summed E-state index contributed by atoms with van der Waals surface area (Å²) in [7, 11) is -2.71. The lowest BCUT2D eigenvalue weighted by molar-refractivity contribution is -0.135. The highest BCUT2D eigenvalue weighted by molar-refractivity contribution is 7.86. The van der Waals surface area contributed by atoms with Crippen LogP contribution in [-0.2, 0) is 23.8 Å². The topological polar surface area (TPSA) is 69.7 Å². The van der Waals surface area contributed by atoms with Gasteiger partial charge in [0, 0.05) is 0 Å². The third-order valence-corrected chi connectivity index (χ3v) is 3.40. The van der Waals surface area contributed by atoms with Crippen molar-refractivity contribution in [3.05, 3.63) is 41.7 Å². The number of ether oxygens (including phenoxy) is 1. The Balaban J connectivity index is 2.92. The first-order valence-corrected chi connectivity index (χ1v) is 6.53. The average molecular weight is 270 g/mol. The Morgan fingerprint density at radius 3 is 2.28 bits per heavy atom. The van der Waals surface area contributed by atoms with E-state index in [1.807, 2.05) is 6.92 Å². The first-order chi connectivity index (χ1) is 8.35. The molecule has 0 bridgehead atoms. The van der Waals surface area contributed by atoms with E-state index in [4.69, 9.17) is 4.18 Å². The molecule has 0 radical (unpaired) electrons. The Bertz CT molecular complexity index is 555. The van der Waals surface area contributed by atoms with Crippen LogP contribution < -0.4 is 0 Å². The van der Waals surface area contributed by atoms with E-state index in [2.05, 4.69) is 4.74 Å². The molecule has 1 rings (SSSR count). The largest absolute Gasteiger partial charge is 0.466 e. The maximum Gasteiger partial charge on any atom is 0.338 e. The number of carbonyl (C=O) groups is 1. The number of rotatable bonds is 4. The molecule has 0 spiro atoms. The van der Waals surface area contributed by atoms with Crippen molar-refractivity contribution in [2.24, 2.45) is 0 Å². The van der Waals surface area contributed by atoms with Crippen LogP contribution in [0.4, 0.5) is 0 Å². The highest BCUT2D eigenvalue weighted by atomic mass is 32.2. The van der Waals surface area contributed by atoms with E-state index in [0.29, 0.717) is 0 Å². The molecule has 0 fully saturated rings. The molecule has 0 N–H and O–H groups in total. The summed E-state index contributed by atoms with van der Waals surface area (Å²) in [6.45, 7) is 3.21. The number of esters is 1. The summed E-state index contributed by atoms with van der Waals surface area (Å²) >= 11 is 0. The molecular weight excluding hydrogens is 256 g/mol. The number of methoxy groups -OCH3 is 1. The van der Waals surface area contributed by atoms with Gasteiger partial charge in [0.25, 0.3) is 0 Å². The number of allylic oxidation sites excluding steroid dienone is 1. The van der Waals surface area contributed by atoms with Crippen molar-refractivity contribution in [3.63, 3.8) is 0 Å². The number of hydrogen-bond acceptors (Lipinski definition) is 5. The summed E-state index contributed by atoms with van der Waals surface area (Å²) in [6, 6.07) is 6.21. The van der Waals surface area contributed by atoms with E-state index >= 15 is 0 Å². The third kappa shape index (κ3) is 3.89. The second-order valence-corrected chi connectivity index (χ2v) is 5.17. The highest BCUT2D eigenvalue weighted by Crippen LogP contribution is 2.16. The molecule has 0 aliphatic rings. The summed E-state index contributed by atoms with van der Waals surface area (Å²) < 4.78 is 32.8. The molecule has 6 heteroatoms. The van der Waals surface area contributed by atoms with E-state index in [-0.39, 0.29) is 10.7 Å². The quantitative estimate of drug-likeness (QED) is 0.361. The van der Waals surface area contributed by atoms with Gasteiger partial charge in [-0.3, -0.25) is 0 Å². The van der Waals surface area contributed by atoms with Crippen molar-refractivity contribution in [1.82, 2.24) is 0 Å². The van der Waals surface area contributed by atoms with E-state index in [1.165, 1.54) is 26.2 Å². The summed E-state index contributed by atoms with van der Waals surface area (Å²) in [5.41, 5.74) is 0.941. The Hall–Kier alpha value is -1.82. The lowest BCUT2D eigenvalue weighted by Gasteiger charge is -2.07. The minimum absolute atomic E-state index is 0.0331. The zero-order valence-electron chi connectivity index (χ0n) is 10.3. The summed E-state index contributed by atoms with van der Waals surface area (Å²) in [6.07, 6.45) is 0.964. The van der Waals surface area contributed by atoms with E-state index in [9.17, 15) is 13.2 Å². The zero-order chi connectivity index (χ0) is 13.8. The van der Waals surface area contributed by atoms with Crippen molar-refractivity contribution in [2.75, 3.05) is 7.11 Å². The summed E-state index contributed by atoms with van der Waals surface area (Å²) in [5.74, 6) is -0.728. The molecule has 98 valence electrons. The van der Waals surface area contributed by atoms with Gasteiger partial charge >= 0.3 is 16.1 Å². The fourth-order valence-corrected chi connectivity index (χ4v) is 2.13. The smallest absolute Gasteiger partial charge is 0.338 e. The Labute approximate surface area is 106 Å². The van der Waals surface area contributed by atoms with Gasteiger partial charge in [-0.15, -0.1) is 0 Å². The van der Waals surface area contributed by atoms with Gasteiger partial charge in [0.1, 0.15) is 10.7 Å². The van der Waals surface area contributed by atoms with Gasteiger partial charge in [-0.1, -0.05) is 17.7 Å². The van der Waals surface area contributed by atoms with E-state index in [0.717, 1.165) is 11.6 Å². The first kappa shape index (κ1) is 14.2. The molecule has 0 heterocycles. The molecule has 1 aromatic carbocycles. The molecule has 5 nitrogen and oxygen atoms in total. The summed E-state index contributed by atoms with van der Waals surface area (Å²) in [4.78, 5) is 10.9. The van der Waals surface area contributed by atoms with Crippen LogP contribution in [0.1, 0.15) is 12.5 Å². The van der Waals surface area contributed by atoms with E-state index in [1.54, 1.807) is 12.1 Å². The van der Waals surface area contributed by atoms with Crippen molar-refractivity contribution >= 4 is 16.1 Å². The predicted octanol–water partition coefficient (Wildman–Crippen LogP) is 1.78. The van der Waals surface area contributed by atoms with Crippen LogP contribution in [0.25, 0.3) is 0 Å². The maximum absolute atomic E-state index is 11.8. The molecule has 0 saturated heterocycles. The van der Waals surface area contributed by atoms with Gasteiger partial charge in [0.15, 0.2) is 0 Å². The lowest BCUT2D eigenvalue weighted by atomic mass is 10.2. The number of hydrogen-bond donors (Lipinski definition) is 0. The van der Waals surface area contributed by atoms with Crippen LogP contribution in [0.3, 0.4) is 0 Å². The van der Waals surface area contributed by atoms with Crippen LogP contribution in [0.15, 0.2) is 41.0 Å². The van der Waals surface area contributed by atoms with Crippen molar-refractivity contribution < 1.29 is 22.1 Å². The van der Waals surface area contributed by atoms with Crippen LogP contribution in [0, 0.1) is 6.92 Å². The molecule has 18 heavy (non-hydrogen) atoms. The number of carbonyl (C=O) groups excluding carboxylic acids is 1. The standard InChI is InChI=1S/C12H14O5S/c1-9-4-6-11(7-5-9)18(14,15)17-10(2)8-12(13)16-3/h4-8H,1-3H3. The molecule has 0 saturated carbocycles. The Morgan fingerprint density at radius 1 is 1.22 bits per heavy atom. The van der Waals surface area contributed by atoms with Gasteiger partial charge < -0.3 is 8.92 Å². The fraction of sp³-hybridized carbons (Fsp3) is 0.250. The molecule has 1 aromatic rings. The predicted molar refractivity (Wildman–Crippen MR) is 65.2 cm³/mol. The molecule has 0 atom stereocenters. The van der Waals surface area contributed by atoms with Gasteiger partial charge in [0.2, 0.25) is 0 Å². The SMILES string of the molecule is COC(=O)C=C(C)OS(=O)(=O)c1ccc(C)cc1. The fourth-order valence-electron chi connectivity index (χ4n) is 1.18. The second-order valence-electron chi connectivity index (χ2n) is 3.63. The molecular formula is C12H14O5S. The molecule has 0 unspecified atom stereocenters. The normalized spacial score (nSPS) is 12.1. The van der Waals surface area contributed by atoms with Crippen molar-refractivity contribution in [1.29, 1.82) is 0 Å². The Kier molecular flexibility index (Phi) is 4.49. The molecule has 0 aromatic heterocycles. The third-order valence-electron chi connectivity index (χ3n) is 2.07. The average Bonchev–Trinajstić information content (AvgIpc) is 2.28. The van der Waals surface area contributed by atoms with Gasteiger partial charge in [0.05, 0.1) is 13.2 Å². The zero-order valence-corrected chi connectivity index (χ0v) is 11.2. The number of aryl methyl sites for hydroxylation is 1. The molecule has 0 aliphatic carbocycles. The van der Waals surface area contributed by atoms with E-state index < -0.39 is 16.1 Å². The molecule has 0 amide bonds. The molecule has 0 aliphatic heterocycles. The van der Waals surface area contributed by atoms with Crippen LogP contribution in [0.2, 0.25) is 0 Å². The van der Waals surface area contributed by atoms with Crippen LogP contribution in [0.5, 0.6) is 0 Å². The van der Waals surface area contributed by atoms with Crippen molar-refractivity contribution in [2.45, 2.75) is 18.7 Å². The lowest BCUT2D eigenvalue weighted by Crippen LogP contribution is -2.06. The van der Waals surface area contributed by atoms with Gasteiger partial charge in [-0.25, -0.2) is 4.79 Å². The van der Waals surface area contributed by atoms with Crippen LogP contribution >= 0.6 is 0 Å². The minimum Gasteiger partial charge on any atom is -0.466 e. The van der Waals surface area contributed by atoms with Crippen LogP contribution in [-0.4, -0.2) is 21.5 Å². The highest BCUT2D eigenvalue weighted by Gasteiger charge is 2.16. The monoisotopic (exact) mass is 270 g/mol. The Morgan fingerprint density at radius 2 is 1.78 bits per heavy atom. The second kappa shape index (κ2) is 5.68. The number of benzene rings is 1.